The Morgan fingerprint density at radius 3 is 2.63 bits per heavy atom. The lowest BCUT2D eigenvalue weighted by atomic mass is 10.2. The third-order valence-corrected chi connectivity index (χ3v) is 4.46. The predicted molar refractivity (Wildman–Crippen MR) is 72.8 cm³/mol. The Labute approximate surface area is 121 Å². The van der Waals surface area contributed by atoms with Crippen LogP contribution in [0.5, 0.6) is 0 Å². The fourth-order valence-corrected chi connectivity index (χ4v) is 3.38. The predicted octanol–water partition coefficient (Wildman–Crippen LogP) is 2.05. The highest BCUT2D eigenvalue weighted by Gasteiger charge is 2.22. The second kappa shape index (κ2) is 4.77. The number of carbonyl (C=O) groups excluding carboxylic acids is 1. The average Bonchev–Trinajstić information content (AvgIpc) is 2.65. The summed E-state index contributed by atoms with van der Waals surface area (Å²) in [4.78, 5) is 11.5. The number of halogens is 2. The highest BCUT2D eigenvalue weighted by atomic mass is 79.9. The summed E-state index contributed by atoms with van der Waals surface area (Å²) in [5.74, 6) is -0.651. The van der Waals surface area contributed by atoms with Crippen molar-refractivity contribution in [1.29, 1.82) is 0 Å². The molecule has 0 aliphatic heterocycles. The Kier molecular flexibility index (Phi) is 3.59. The van der Waals surface area contributed by atoms with Crippen molar-refractivity contribution in [2.75, 3.05) is 7.11 Å². The first-order valence-electron chi connectivity index (χ1n) is 4.95. The molecule has 0 radical (unpaired) electrons. The second-order valence-electron chi connectivity index (χ2n) is 3.70. The summed E-state index contributed by atoms with van der Waals surface area (Å²) in [6.45, 7) is 0. The van der Waals surface area contributed by atoms with Gasteiger partial charge in [0, 0.05) is 27.6 Å². The first-order chi connectivity index (χ1) is 8.75. The van der Waals surface area contributed by atoms with E-state index in [1.807, 2.05) is 0 Å². The molecule has 0 amide bonds. The van der Waals surface area contributed by atoms with E-state index in [1.165, 1.54) is 23.9 Å². The van der Waals surface area contributed by atoms with E-state index in [4.69, 9.17) is 10.7 Å². The van der Waals surface area contributed by atoms with Crippen LogP contribution in [-0.2, 0) is 20.8 Å². The highest BCUT2D eigenvalue weighted by molar-refractivity contribution is 9.10. The molecule has 2 rings (SSSR count). The SMILES string of the molecule is COC(=O)c1nn(C)c2c(Br)cc(S(=O)(=O)Cl)cc12. The summed E-state index contributed by atoms with van der Waals surface area (Å²) in [5, 5.41) is 4.37. The van der Waals surface area contributed by atoms with Gasteiger partial charge in [0.05, 0.1) is 17.5 Å². The number of methoxy groups -OCH3 is 1. The zero-order chi connectivity index (χ0) is 14.4. The molecule has 0 saturated carbocycles. The molecule has 0 aliphatic rings. The lowest BCUT2D eigenvalue weighted by Crippen LogP contribution is -2.03. The van der Waals surface area contributed by atoms with Gasteiger partial charge in [0.25, 0.3) is 9.05 Å². The number of ether oxygens (including phenoxy) is 1. The maximum Gasteiger partial charge on any atom is 0.359 e. The number of esters is 1. The summed E-state index contributed by atoms with van der Waals surface area (Å²) < 4.78 is 29.3. The molecule has 0 unspecified atom stereocenters. The third kappa shape index (κ3) is 2.47. The van der Waals surface area contributed by atoms with Crippen LogP contribution in [0.4, 0.5) is 0 Å². The normalized spacial score (nSPS) is 11.8. The number of nitrogens with zero attached hydrogens (tertiary/aromatic N) is 2. The van der Waals surface area contributed by atoms with Crippen LogP contribution in [0, 0.1) is 0 Å². The van der Waals surface area contributed by atoms with Gasteiger partial charge in [-0.25, -0.2) is 13.2 Å². The molecule has 0 spiro atoms. The molecule has 0 bridgehead atoms. The molecule has 1 aromatic carbocycles. The molecule has 2 aromatic rings. The first kappa shape index (κ1) is 14.3. The number of rotatable bonds is 2. The van der Waals surface area contributed by atoms with Crippen molar-refractivity contribution in [3.63, 3.8) is 0 Å². The number of fused-ring (bicyclic) bond motifs is 1. The minimum atomic E-state index is -3.90. The van der Waals surface area contributed by atoms with Gasteiger partial charge in [-0.05, 0) is 28.1 Å². The van der Waals surface area contributed by atoms with Gasteiger partial charge in [0.1, 0.15) is 0 Å². The molecule has 19 heavy (non-hydrogen) atoms. The van der Waals surface area contributed by atoms with Gasteiger partial charge in [-0.1, -0.05) is 0 Å². The van der Waals surface area contributed by atoms with Crippen LogP contribution >= 0.6 is 26.6 Å². The summed E-state index contributed by atoms with van der Waals surface area (Å²) in [7, 11) is 4.26. The lowest BCUT2D eigenvalue weighted by Gasteiger charge is -2.01. The maximum atomic E-state index is 11.6. The van der Waals surface area contributed by atoms with Crippen LogP contribution in [0.3, 0.4) is 0 Å². The Bertz CT molecular complexity index is 784. The molecule has 0 aliphatic carbocycles. The maximum absolute atomic E-state index is 11.6. The number of carbonyl (C=O) groups is 1. The van der Waals surface area contributed by atoms with Crippen LogP contribution in [-0.4, -0.2) is 31.3 Å². The van der Waals surface area contributed by atoms with Gasteiger partial charge >= 0.3 is 5.97 Å². The van der Waals surface area contributed by atoms with E-state index in [9.17, 15) is 13.2 Å². The summed E-state index contributed by atoms with van der Waals surface area (Å²) in [6, 6.07) is 2.65. The molecule has 0 fully saturated rings. The van der Waals surface area contributed by atoms with Crippen LogP contribution in [0.2, 0.25) is 0 Å². The molecule has 6 nitrogen and oxygen atoms in total. The van der Waals surface area contributed by atoms with Gasteiger partial charge in [0.15, 0.2) is 5.69 Å². The molecular weight excluding hydrogens is 360 g/mol. The van der Waals surface area contributed by atoms with Crippen molar-refractivity contribution in [3.8, 4) is 0 Å². The van der Waals surface area contributed by atoms with Gasteiger partial charge in [0.2, 0.25) is 0 Å². The minimum absolute atomic E-state index is 0.0304. The Hall–Kier alpha value is -1.12. The molecule has 1 aromatic heterocycles. The van der Waals surface area contributed by atoms with E-state index in [2.05, 4.69) is 25.8 Å². The van der Waals surface area contributed by atoms with E-state index in [-0.39, 0.29) is 10.6 Å². The molecule has 0 atom stereocenters. The van der Waals surface area contributed by atoms with Gasteiger partial charge in [-0.2, -0.15) is 5.10 Å². The number of hydrogen-bond acceptors (Lipinski definition) is 5. The van der Waals surface area contributed by atoms with Crippen molar-refractivity contribution in [3.05, 3.63) is 22.3 Å². The molecule has 9 heteroatoms. The summed E-state index contributed by atoms with van der Waals surface area (Å²) in [6.07, 6.45) is 0. The van der Waals surface area contributed by atoms with Gasteiger partial charge in [-0.15, -0.1) is 0 Å². The van der Waals surface area contributed by atoms with Crippen LogP contribution in [0.15, 0.2) is 21.5 Å². The fraction of sp³-hybridized carbons (Fsp3) is 0.200. The van der Waals surface area contributed by atoms with Crippen molar-refractivity contribution in [1.82, 2.24) is 9.78 Å². The Morgan fingerprint density at radius 1 is 1.47 bits per heavy atom. The van der Waals surface area contributed by atoms with E-state index in [0.717, 1.165) is 0 Å². The van der Waals surface area contributed by atoms with E-state index >= 15 is 0 Å². The van der Waals surface area contributed by atoms with Crippen molar-refractivity contribution >= 4 is 52.5 Å². The molecule has 1 heterocycles. The largest absolute Gasteiger partial charge is 0.464 e. The number of benzene rings is 1. The quantitative estimate of drug-likeness (QED) is 0.599. The van der Waals surface area contributed by atoms with Crippen LogP contribution < -0.4 is 0 Å². The number of hydrogen-bond donors (Lipinski definition) is 0. The topological polar surface area (TPSA) is 78.3 Å². The van der Waals surface area contributed by atoms with E-state index < -0.39 is 15.0 Å². The second-order valence-corrected chi connectivity index (χ2v) is 7.12. The van der Waals surface area contributed by atoms with E-state index in [1.54, 1.807) is 7.05 Å². The Morgan fingerprint density at radius 2 is 2.11 bits per heavy atom. The Balaban J connectivity index is 2.89. The van der Waals surface area contributed by atoms with Crippen LogP contribution in [0.1, 0.15) is 10.5 Å². The average molecular weight is 368 g/mol. The zero-order valence-corrected chi connectivity index (χ0v) is 13.0. The van der Waals surface area contributed by atoms with Crippen molar-refractivity contribution in [2.24, 2.45) is 7.05 Å². The first-order valence-corrected chi connectivity index (χ1v) is 8.05. The van der Waals surface area contributed by atoms with E-state index in [0.29, 0.717) is 15.4 Å². The minimum Gasteiger partial charge on any atom is -0.464 e. The van der Waals surface area contributed by atoms with Gasteiger partial charge in [-0.3, -0.25) is 4.68 Å². The van der Waals surface area contributed by atoms with Crippen molar-refractivity contribution in [2.45, 2.75) is 4.90 Å². The zero-order valence-electron chi connectivity index (χ0n) is 9.85. The third-order valence-electron chi connectivity index (χ3n) is 2.53. The molecular formula is C10H8BrClN2O4S. The van der Waals surface area contributed by atoms with Crippen molar-refractivity contribution < 1.29 is 17.9 Å². The van der Waals surface area contributed by atoms with Gasteiger partial charge < -0.3 is 4.74 Å². The monoisotopic (exact) mass is 366 g/mol. The summed E-state index contributed by atoms with van der Waals surface area (Å²) in [5.41, 5.74) is 0.604. The fourth-order valence-electron chi connectivity index (χ4n) is 1.73. The highest BCUT2D eigenvalue weighted by Crippen LogP contribution is 2.31. The number of aryl methyl sites for hydroxylation is 1. The van der Waals surface area contributed by atoms with Crippen LogP contribution in [0.25, 0.3) is 10.9 Å². The summed E-state index contributed by atoms with van der Waals surface area (Å²) >= 11 is 3.24. The molecule has 0 saturated heterocycles. The molecule has 102 valence electrons. The standard InChI is InChI=1S/C10H8BrClN2O4S/c1-14-9-6(8(13-14)10(15)18-2)3-5(4-7(9)11)19(12,16)17/h3-4H,1-2H3. The lowest BCUT2D eigenvalue weighted by molar-refractivity contribution is 0.0595. The smallest absolute Gasteiger partial charge is 0.359 e. The number of aromatic nitrogens is 2. The molecule has 0 N–H and O–H groups in total.